The number of nitrogens with one attached hydrogen (secondary N) is 1. The van der Waals surface area contributed by atoms with Crippen LogP contribution in [0.1, 0.15) is 16.8 Å². The van der Waals surface area contributed by atoms with Gasteiger partial charge in [-0.3, -0.25) is 14.4 Å². The minimum atomic E-state index is -4.10. The standard InChI is InChI=1S/C18H15N3O9S/c22-16(11-20-18(24)14-3-1-2-4-15(14)31(20,27)28)19-12-5-7-13(8-6-12)30-17(23)9-10-29-21(25)26/h1-8H,9-11H2,(H,19,22). The minimum Gasteiger partial charge on any atom is -0.426 e. The van der Waals surface area contributed by atoms with E-state index in [0.29, 0.717) is 4.31 Å². The highest BCUT2D eigenvalue weighted by Gasteiger charge is 2.41. The van der Waals surface area contributed by atoms with Crippen LogP contribution in [0.3, 0.4) is 0 Å². The first-order chi connectivity index (χ1) is 14.7. The number of hydrogen-bond acceptors (Lipinski definition) is 9. The Hall–Kier alpha value is -4.00. The van der Waals surface area contributed by atoms with Crippen LogP contribution in [0.4, 0.5) is 5.69 Å². The number of esters is 1. The molecule has 0 saturated heterocycles. The molecule has 12 nitrogen and oxygen atoms in total. The van der Waals surface area contributed by atoms with E-state index in [9.17, 15) is 32.9 Å². The molecular weight excluding hydrogens is 434 g/mol. The second-order valence-corrected chi connectivity index (χ2v) is 8.00. The van der Waals surface area contributed by atoms with E-state index in [4.69, 9.17) is 4.74 Å². The van der Waals surface area contributed by atoms with Crippen molar-refractivity contribution < 1.29 is 37.5 Å². The molecule has 2 aromatic rings. The Kier molecular flexibility index (Phi) is 6.15. The molecule has 1 heterocycles. The average molecular weight is 449 g/mol. The second-order valence-electron chi connectivity index (χ2n) is 6.17. The Balaban J connectivity index is 1.56. The lowest BCUT2D eigenvalue weighted by Gasteiger charge is -2.15. The Morgan fingerprint density at radius 2 is 1.77 bits per heavy atom. The predicted molar refractivity (Wildman–Crippen MR) is 103 cm³/mol. The van der Waals surface area contributed by atoms with Gasteiger partial charge in [-0.25, -0.2) is 12.7 Å². The number of carbonyl (C=O) groups excluding carboxylic acids is 3. The number of hydrogen-bond donors (Lipinski definition) is 1. The fourth-order valence-corrected chi connectivity index (χ4v) is 4.24. The van der Waals surface area contributed by atoms with Gasteiger partial charge in [-0.05, 0) is 36.4 Å². The Labute approximate surface area is 175 Å². The number of benzene rings is 2. The van der Waals surface area contributed by atoms with Crippen LogP contribution in [-0.4, -0.2) is 48.7 Å². The topological polar surface area (TPSA) is 162 Å². The van der Waals surface area contributed by atoms with Crippen molar-refractivity contribution in [3.63, 3.8) is 0 Å². The number of carbonyl (C=O) groups is 3. The minimum absolute atomic E-state index is 0.00470. The predicted octanol–water partition coefficient (Wildman–Crippen LogP) is 0.974. The maximum Gasteiger partial charge on any atom is 0.313 e. The first kappa shape index (κ1) is 21.7. The number of fused-ring (bicyclic) bond motifs is 1. The molecule has 162 valence electrons. The summed E-state index contributed by atoms with van der Waals surface area (Å²) in [5, 5.41) is 11.5. The van der Waals surface area contributed by atoms with E-state index in [-0.39, 0.29) is 28.3 Å². The van der Waals surface area contributed by atoms with E-state index in [1.54, 1.807) is 0 Å². The lowest BCUT2D eigenvalue weighted by Crippen LogP contribution is -2.37. The van der Waals surface area contributed by atoms with E-state index in [0.717, 1.165) is 0 Å². The summed E-state index contributed by atoms with van der Waals surface area (Å²) in [5.74, 6) is -2.16. The quantitative estimate of drug-likeness (QED) is 0.268. The van der Waals surface area contributed by atoms with Gasteiger partial charge in [-0.1, -0.05) is 12.1 Å². The van der Waals surface area contributed by atoms with E-state index < -0.39 is 46.0 Å². The van der Waals surface area contributed by atoms with Gasteiger partial charge in [-0.2, -0.15) is 0 Å². The lowest BCUT2D eigenvalue weighted by atomic mass is 10.2. The van der Waals surface area contributed by atoms with Gasteiger partial charge in [0, 0.05) is 5.69 Å². The van der Waals surface area contributed by atoms with Gasteiger partial charge in [0.25, 0.3) is 21.0 Å². The van der Waals surface area contributed by atoms with Crippen molar-refractivity contribution in [1.82, 2.24) is 4.31 Å². The number of nitrogens with zero attached hydrogens (tertiary/aromatic N) is 2. The molecule has 2 amide bonds. The highest BCUT2D eigenvalue weighted by molar-refractivity contribution is 7.90. The average Bonchev–Trinajstić information content (AvgIpc) is 2.90. The Morgan fingerprint density at radius 1 is 1.10 bits per heavy atom. The van der Waals surface area contributed by atoms with Gasteiger partial charge in [-0.15, -0.1) is 10.1 Å². The summed E-state index contributed by atoms with van der Waals surface area (Å²) in [7, 11) is -4.10. The van der Waals surface area contributed by atoms with Crippen LogP contribution in [0, 0.1) is 10.1 Å². The number of anilines is 1. The normalized spacial score (nSPS) is 13.9. The largest absolute Gasteiger partial charge is 0.426 e. The smallest absolute Gasteiger partial charge is 0.313 e. The molecule has 3 rings (SSSR count). The van der Waals surface area contributed by atoms with E-state index in [2.05, 4.69) is 10.2 Å². The molecule has 0 bridgehead atoms. The third-order valence-corrected chi connectivity index (χ3v) is 5.86. The maximum atomic E-state index is 12.5. The van der Waals surface area contributed by atoms with E-state index in [1.165, 1.54) is 48.5 Å². The fraction of sp³-hybridized carbons (Fsp3) is 0.167. The van der Waals surface area contributed by atoms with E-state index in [1.807, 2.05) is 0 Å². The second kappa shape index (κ2) is 8.79. The van der Waals surface area contributed by atoms with Gasteiger partial charge in [0.15, 0.2) is 0 Å². The molecule has 1 aliphatic heterocycles. The number of ether oxygens (including phenoxy) is 1. The van der Waals surface area contributed by atoms with Crippen LogP contribution >= 0.6 is 0 Å². The summed E-state index contributed by atoms with van der Waals surface area (Å²) in [4.78, 5) is 50.0. The van der Waals surface area contributed by atoms with Crippen molar-refractivity contribution in [3.8, 4) is 5.75 Å². The summed E-state index contributed by atoms with van der Waals surface area (Å²) in [5.41, 5.74) is 0.271. The van der Waals surface area contributed by atoms with Crippen LogP contribution < -0.4 is 10.1 Å². The van der Waals surface area contributed by atoms with Crippen LogP contribution in [0.25, 0.3) is 0 Å². The zero-order valence-corrected chi connectivity index (χ0v) is 16.5. The zero-order chi connectivity index (χ0) is 22.6. The van der Waals surface area contributed by atoms with Crippen LogP contribution in [0.5, 0.6) is 5.75 Å². The highest BCUT2D eigenvalue weighted by Crippen LogP contribution is 2.29. The van der Waals surface area contributed by atoms with E-state index >= 15 is 0 Å². The third kappa shape index (κ3) is 4.95. The number of sulfonamides is 1. The molecule has 0 aromatic heterocycles. The van der Waals surface area contributed by atoms with Gasteiger partial charge in [0.05, 0.1) is 12.0 Å². The molecular formula is C18H15N3O9S. The molecule has 1 N–H and O–H groups in total. The molecule has 0 aliphatic carbocycles. The third-order valence-electron chi connectivity index (χ3n) is 4.07. The first-order valence-corrected chi connectivity index (χ1v) is 10.2. The number of amides is 2. The Morgan fingerprint density at radius 3 is 2.42 bits per heavy atom. The van der Waals surface area contributed by atoms with Crippen molar-refractivity contribution in [3.05, 3.63) is 64.2 Å². The zero-order valence-electron chi connectivity index (χ0n) is 15.7. The van der Waals surface area contributed by atoms with Crippen molar-refractivity contribution >= 4 is 33.5 Å². The maximum absolute atomic E-state index is 12.5. The van der Waals surface area contributed by atoms with Gasteiger partial charge in [0.1, 0.15) is 23.8 Å². The highest BCUT2D eigenvalue weighted by atomic mass is 32.2. The molecule has 13 heteroatoms. The van der Waals surface area contributed by atoms with Crippen molar-refractivity contribution in [2.75, 3.05) is 18.5 Å². The summed E-state index contributed by atoms with van der Waals surface area (Å²) in [6.07, 6.45) is -0.333. The number of rotatable bonds is 8. The molecule has 31 heavy (non-hydrogen) atoms. The molecule has 0 spiro atoms. The van der Waals surface area contributed by atoms with Crippen LogP contribution in [0.2, 0.25) is 0 Å². The van der Waals surface area contributed by atoms with Crippen LogP contribution in [0.15, 0.2) is 53.4 Å². The molecule has 0 radical (unpaired) electrons. The molecule has 0 unspecified atom stereocenters. The lowest BCUT2D eigenvalue weighted by molar-refractivity contribution is -0.757. The van der Waals surface area contributed by atoms with Crippen LogP contribution in [-0.2, 0) is 24.4 Å². The fourth-order valence-electron chi connectivity index (χ4n) is 2.71. The SMILES string of the molecule is O=C(CN1C(=O)c2ccccc2S1(=O)=O)Nc1ccc(OC(=O)CCO[N+](=O)[O-])cc1. The Bertz CT molecular complexity index is 1150. The summed E-state index contributed by atoms with van der Waals surface area (Å²) >= 11 is 0. The summed E-state index contributed by atoms with van der Waals surface area (Å²) in [6, 6.07) is 11.2. The van der Waals surface area contributed by atoms with Crippen molar-refractivity contribution in [2.24, 2.45) is 0 Å². The van der Waals surface area contributed by atoms with Gasteiger partial charge in [0.2, 0.25) is 5.91 Å². The van der Waals surface area contributed by atoms with Crippen molar-refractivity contribution in [2.45, 2.75) is 11.3 Å². The van der Waals surface area contributed by atoms with Gasteiger partial charge < -0.3 is 14.9 Å². The molecule has 1 aliphatic rings. The molecule has 0 fully saturated rings. The monoisotopic (exact) mass is 449 g/mol. The summed E-state index contributed by atoms with van der Waals surface area (Å²) in [6.45, 7) is -1.15. The molecule has 2 aromatic carbocycles. The first-order valence-electron chi connectivity index (χ1n) is 8.72. The van der Waals surface area contributed by atoms with Gasteiger partial charge >= 0.3 is 5.97 Å². The molecule has 0 atom stereocenters. The van der Waals surface area contributed by atoms with Crippen molar-refractivity contribution in [1.29, 1.82) is 0 Å². The summed E-state index contributed by atoms with van der Waals surface area (Å²) < 4.78 is 30.4. The molecule has 0 saturated carbocycles.